The highest BCUT2D eigenvalue weighted by atomic mass is 79.9. The van der Waals surface area contributed by atoms with E-state index in [1.165, 1.54) is 6.08 Å². The second-order valence-electron chi connectivity index (χ2n) is 5.52. The molecule has 0 saturated carbocycles. The first-order valence-electron chi connectivity index (χ1n) is 7.71. The average Bonchev–Trinajstić information content (AvgIpc) is 3.18. The Morgan fingerprint density at radius 3 is 2.84 bits per heavy atom. The molecule has 2 heterocycles. The van der Waals surface area contributed by atoms with Gasteiger partial charge in [0.25, 0.3) is 0 Å². The molecule has 0 amide bonds. The first-order valence-corrected chi connectivity index (χ1v) is 8.51. The number of ether oxygens (including phenoxy) is 1. The number of ketones is 1. The van der Waals surface area contributed by atoms with Crippen molar-refractivity contribution in [3.05, 3.63) is 75.9 Å². The lowest BCUT2D eigenvalue weighted by Crippen LogP contribution is -1.94. The zero-order chi connectivity index (χ0) is 17.8. The summed E-state index contributed by atoms with van der Waals surface area (Å²) in [6.07, 6.45) is 4.85. The fourth-order valence-electron chi connectivity index (χ4n) is 2.36. The van der Waals surface area contributed by atoms with E-state index in [0.29, 0.717) is 29.4 Å². The number of benzene rings is 1. The molecule has 3 rings (SSSR count). The van der Waals surface area contributed by atoms with Crippen molar-refractivity contribution in [3.8, 4) is 5.75 Å². The van der Waals surface area contributed by atoms with Crippen molar-refractivity contribution < 1.29 is 13.9 Å². The van der Waals surface area contributed by atoms with E-state index < -0.39 is 0 Å². The topological polar surface area (TPSA) is 57.3 Å². The molecule has 25 heavy (non-hydrogen) atoms. The maximum atomic E-state index is 12.2. The molecular weight excluding hydrogens is 384 g/mol. The Bertz CT molecular complexity index is 924. The van der Waals surface area contributed by atoms with E-state index in [1.807, 2.05) is 37.3 Å². The number of furan rings is 1. The Hall–Kier alpha value is -2.60. The van der Waals surface area contributed by atoms with Gasteiger partial charge in [0.1, 0.15) is 23.9 Å². The molecule has 0 unspecified atom stereocenters. The number of para-hydroxylation sites is 1. The van der Waals surface area contributed by atoms with Crippen molar-refractivity contribution in [2.45, 2.75) is 13.5 Å². The van der Waals surface area contributed by atoms with Crippen molar-refractivity contribution in [1.82, 2.24) is 9.78 Å². The van der Waals surface area contributed by atoms with E-state index in [1.54, 1.807) is 30.1 Å². The molecule has 0 aliphatic rings. The van der Waals surface area contributed by atoms with E-state index in [9.17, 15) is 4.79 Å². The van der Waals surface area contributed by atoms with Crippen molar-refractivity contribution in [3.63, 3.8) is 0 Å². The fourth-order valence-corrected chi connectivity index (χ4v) is 2.76. The molecule has 0 spiro atoms. The maximum Gasteiger partial charge on any atom is 0.189 e. The summed E-state index contributed by atoms with van der Waals surface area (Å²) in [5.74, 6) is 1.92. The molecule has 0 atom stereocenters. The number of aromatic nitrogens is 2. The van der Waals surface area contributed by atoms with Crippen molar-refractivity contribution in [2.24, 2.45) is 7.05 Å². The summed E-state index contributed by atoms with van der Waals surface area (Å²) in [6, 6.07) is 11.3. The minimum atomic E-state index is -0.104. The molecule has 1 aromatic carbocycles. The number of carbonyl (C=O) groups is 1. The minimum Gasteiger partial charge on any atom is -0.484 e. The van der Waals surface area contributed by atoms with Gasteiger partial charge in [-0.25, -0.2) is 0 Å². The van der Waals surface area contributed by atoms with Gasteiger partial charge in [-0.1, -0.05) is 12.1 Å². The highest BCUT2D eigenvalue weighted by Gasteiger charge is 2.10. The fraction of sp³-hybridized carbons (Fsp3) is 0.158. The Morgan fingerprint density at radius 1 is 1.32 bits per heavy atom. The van der Waals surface area contributed by atoms with Crippen LogP contribution in [0.15, 0.2) is 57.6 Å². The third kappa shape index (κ3) is 4.28. The molecule has 0 aliphatic heterocycles. The minimum absolute atomic E-state index is 0.104. The zero-order valence-electron chi connectivity index (χ0n) is 13.9. The first kappa shape index (κ1) is 17.2. The van der Waals surface area contributed by atoms with Gasteiger partial charge in [0.2, 0.25) is 0 Å². The zero-order valence-corrected chi connectivity index (χ0v) is 15.5. The number of rotatable bonds is 6. The second kappa shape index (κ2) is 7.53. The number of halogens is 1. The second-order valence-corrected chi connectivity index (χ2v) is 6.38. The normalized spacial score (nSPS) is 11.2. The molecule has 5 nitrogen and oxygen atoms in total. The van der Waals surface area contributed by atoms with Crippen LogP contribution in [0.25, 0.3) is 6.08 Å². The molecular formula is C19H17BrN2O3. The van der Waals surface area contributed by atoms with Gasteiger partial charge in [-0.05, 0) is 59.3 Å². The third-order valence-corrected chi connectivity index (χ3v) is 4.22. The van der Waals surface area contributed by atoms with Crippen LogP contribution in [-0.2, 0) is 13.7 Å². The van der Waals surface area contributed by atoms with Gasteiger partial charge in [0.15, 0.2) is 5.78 Å². The van der Waals surface area contributed by atoms with Crippen LogP contribution in [0, 0.1) is 6.92 Å². The molecule has 0 N–H and O–H groups in total. The highest BCUT2D eigenvalue weighted by molar-refractivity contribution is 9.10. The standard InChI is InChI=1S/C19H17BrN2O3/c1-13-16(11-22(2)21-13)18(23)10-9-14-7-8-15(25-14)12-24-19-6-4-3-5-17(19)20/h3-11H,12H2,1-2H3/b10-9+. The number of carbonyl (C=O) groups excluding carboxylic acids is 1. The summed E-state index contributed by atoms with van der Waals surface area (Å²) < 4.78 is 13.9. The molecule has 0 aliphatic carbocycles. The molecule has 128 valence electrons. The van der Waals surface area contributed by atoms with Gasteiger partial charge in [0.05, 0.1) is 15.7 Å². The van der Waals surface area contributed by atoms with Crippen LogP contribution in [-0.4, -0.2) is 15.6 Å². The molecule has 3 aromatic rings. The monoisotopic (exact) mass is 400 g/mol. The maximum absolute atomic E-state index is 12.2. The van der Waals surface area contributed by atoms with Crippen molar-refractivity contribution >= 4 is 27.8 Å². The van der Waals surface area contributed by atoms with Crippen LogP contribution in [0.3, 0.4) is 0 Å². The van der Waals surface area contributed by atoms with Crippen LogP contribution < -0.4 is 4.74 Å². The number of allylic oxidation sites excluding steroid dienone is 1. The van der Waals surface area contributed by atoms with Crippen LogP contribution in [0.2, 0.25) is 0 Å². The predicted octanol–water partition coefficient (Wildman–Crippen LogP) is 4.56. The number of nitrogens with zero attached hydrogens (tertiary/aromatic N) is 2. The number of hydrogen-bond donors (Lipinski definition) is 0. The summed E-state index contributed by atoms with van der Waals surface area (Å²) in [4.78, 5) is 12.2. The summed E-state index contributed by atoms with van der Waals surface area (Å²) in [6.45, 7) is 2.12. The van der Waals surface area contributed by atoms with Gasteiger partial charge in [-0.2, -0.15) is 5.10 Å². The van der Waals surface area contributed by atoms with Gasteiger partial charge < -0.3 is 9.15 Å². The molecule has 2 aromatic heterocycles. The molecule has 0 fully saturated rings. The molecule has 0 saturated heterocycles. The van der Waals surface area contributed by atoms with E-state index in [-0.39, 0.29) is 5.78 Å². The van der Waals surface area contributed by atoms with E-state index in [0.717, 1.165) is 10.2 Å². The van der Waals surface area contributed by atoms with Gasteiger partial charge >= 0.3 is 0 Å². The smallest absolute Gasteiger partial charge is 0.189 e. The van der Waals surface area contributed by atoms with Crippen LogP contribution in [0.5, 0.6) is 5.75 Å². The van der Waals surface area contributed by atoms with Crippen molar-refractivity contribution in [2.75, 3.05) is 0 Å². The largest absolute Gasteiger partial charge is 0.484 e. The molecule has 0 radical (unpaired) electrons. The average molecular weight is 401 g/mol. The summed E-state index contributed by atoms with van der Waals surface area (Å²) in [7, 11) is 1.79. The lowest BCUT2D eigenvalue weighted by molar-refractivity contribution is 0.104. The summed E-state index contributed by atoms with van der Waals surface area (Å²) >= 11 is 3.43. The summed E-state index contributed by atoms with van der Waals surface area (Å²) in [5.41, 5.74) is 1.29. The lowest BCUT2D eigenvalue weighted by Gasteiger charge is -2.05. The Kier molecular flexibility index (Phi) is 5.19. The lowest BCUT2D eigenvalue weighted by atomic mass is 10.1. The highest BCUT2D eigenvalue weighted by Crippen LogP contribution is 2.25. The van der Waals surface area contributed by atoms with Gasteiger partial charge in [-0.15, -0.1) is 0 Å². The third-order valence-electron chi connectivity index (χ3n) is 3.57. The SMILES string of the molecule is Cc1nn(C)cc1C(=O)/C=C/c1ccc(COc2ccccc2Br)o1. The van der Waals surface area contributed by atoms with Gasteiger partial charge in [0, 0.05) is 13.2 Å². The Labute approximate surface area is 154 Å². The van der Waals surface area contributed by atoms with Gasteiger partial charge in [-0.3, -0.25) is 9.48 Å². The first-order chi connectivity index (χ1) is 12.0. The predicted molar refractivity (Wildman–Crippen MR) is 98.5 cm³/mol. The quantitative estimate of drug-likeness (QED) is 0.449. The van der Waals surface area contributed by atoms with Crippen LogP contribution >= 0.6 is 15.9 Å². The van der Waals surface area contributed by atoms with E-state index in [2.05, 4.69) is 21.0 Å². The summed E-state index contributed by atoms with van der Waals surface area (Å²) in [5, 5.41) is 4.17. The van der Waals surface area contributed by atoms with E-state index >= 15 is 0 Å². The number of aryl methyl sites for hydroxylation is 2. The Morgan fingerprint density at radius 2 is 2.12 bits per heavy atom. The molecule has 0 bridgehead atoms. The number of hydrogen-bond acceptors (Lipinski definition) is 4. The van der Waals surface area contributed by atoms with Crippen LogP contribution in [0.1, 0.15) is 27.6 Å². The Balaban J connectivity index is 1.62. The van der Waals surface area contributed by atoms with Crippen LogP contribution in [0.4, 0.5) is 0 Å². The van der Waals surface area contributed by atoms with E-state index in [4.69, 9.17) is 9.15 Å². The molecule has 6 heteroatoms. The van der Waals surface area contributed by atoms with Crippen molar-refractivity contribution in [1.29, 1.82) is 0 Å².